The lowest BCUT2D eigenvalue weighted by Gasteiger charge is -2.18. The molecule has 0 aliphatic rings. The van der Waals surface area contributed by atoms with E-state index in [4.69, 9.17) is 4.74 Å². The van der Waals surface area contributed by atoms with Crippen molar-refractivity contribution in [2.24, 2.45) is 0 Å². The highest BCUT2D eigenvalue weighted by Crippen LogP contribution is 2.32. The van der Waals surface area contributed by atoms with Crippen molar-refractivity contribution in [1.29, 1.82) is 0 Å². The van der Waals surface area contributed by atoms with E-state index in [9.17, 15) is 0 Å². The third-order valence-corrected chi connectivity index (χ3v) is 3.34. The molecule has 0 radical (unpaired) electrons. The zero-order chi connectivity index (χ0) is 13.0. The van der Waals surface area contributed by atoms with Gasteiger partial charge in [-0.05, 0) is 31.0 Å². The molecule has 1 atom stereocenters. The van der Waals surface area contributed by atoms with Crippen molar-refractivity contribution < 1.29 is 4.74 Å². The summed E-state index contributed by atoms with van der Waals surface area (Å²) in [6.45, 7) is 7.13. The van der Waals surface area contributed by atoms with Crippen molar-refractivity contribution in [3.05, 3.63) is 65.2 Å². The monoisotopic (exact) mass is 240 g/mol. The quantitative estimate of drug-likeness (QED) is 0.762. The molecule has 0 saturated heterocycles. The highest BCUT2D eigenvalue weighted by atomic mass is 16.5. The molecule has 2 rings (SSSR count). The molecule has 94 valence electrons. The molecule has 0 saturated carbocycles. The van der Waals surface area contributed by atoms with E-state index in [1.165, 1.54) is 16.7 Å². The van der Waals surface area contributed by atoms with Crippen molar-refractivity contribution in [2.45, 2.75) is 26.7 Å². The molecule has 18 heavy (non-hydrogen) atoms. The molecule has 1 unspecified atom stereocenters. The number of ether oxygens (including phenoxy) is 1. The van der Waals surface area contributed by atoms with Gasteiger partial charge < -0.3 is 4.74 Å². The standard InChI is InChI=1S/C17H20O/c1-4-18-17-12-8-7-11-16(17)14(3)15-10-6-5-9-13(15)2/h5-12,14H,4H2,1-3H3. The largest absolute Gasteiger partial charge is 0.494 e. The summed E-state index contributed by atoms with van der Waals surface area (Å²) < 4.78 is 5.72. The van der Waals surface area contributed by atoms with Crippen molar-refractivity contribution in [3.8, 4) is 5.75 Å². The Hall–Kier alpha value is -1.76. The van der Waals surface area contributed by atoms with Crippen LogP contribution in [0, 0.1) is 6.92 Å². The highest BCUT2D eigenvalue weighted by Gasteiger charge is 2.14. The van der Waals surface area contributed by atoms with Gasteiger partial charge in [0.1, 0.15) is 5.75 Å². The average Bonchev–Trinajstić information content (AvgIpc) is 2.40. The number of benzene rings is 2. The molecule has 0 bridgehead atoms. The minimum atomic E-state index is 0.356. The molecule has 0 heterocycles. The Bertz CT molecular complexity index is 517. The average molecular weight is 240 g/mol. The lowest BCUT2D eigenvalue weighted by Crippen LogP contribution is -2.02. The second-order valence-electron chi connectivity index (χ2n) is 4.55. The second-order valence-corrected chi connectivity index (χ2v) is 4.55. The van der Waals surface area contributed by atoms with E-state index in [1.54, 1.807) is 0 Å². The normalized spacial score (nSPS) is 12.2. The van der Waals surface area contributed by atoms with Gasteiger partial charge in [0.05, 0.1) is 6.61 Å². The van der Waals surface area contributed by atoms with E-state index in [2.05, 4.69) is 50.2 Å². The summed E-state index contributed by atoms with van der Waals surface area (Å²) >= 11 is 0. The fourth-order valence-electron chi connectivity index (χ4n) is 2.37. The van der Waals surface area contributed by atoms with Gasteiger partial charge in [0.15, 0.2) is 0 Å². The van der Waals surface area contributed by atoms with Gasteiger partial charge in [0.25, 0.3) is 0 Å². The molecule has 0 amide bonds. The molecule has 2 aromatic carbocycles. The molecule has 1 nitrogen and oxygen atoms in total. The van der Waals surface area contributed by atoms with Crippen LogP contribution in [-0.4, -0.2) is 6.61 Å². The molecule has 0 spiro atoms. The van der Waals surface area contributed by atoms with Crippen LogP contribution in [0.5, 0.6) is 5.75 Å². The van der Waals surface area contributed by atoms with Gasteiger partial charge in [-0.25, -0.2) is 0 Å². The van der Waals surface area contributed by atoms with Crippen LogP contribution in [0.3, 0.4) is 0 Å². The molecule has 1 heteroatoms. The fraction of sp³-hybridized carbons (Fsp3) is 0.294. The Kier molecular flexibility index (Phi) is 4.03. The van der Waals surface area contributed by atoms with Gasteiger partial charge in [0.2, 0.25) is 0 Å². The predicted octanol–water partition coefficient (Wildman–Crippen LogP) is 4.55. The summed E-state index contributed by atoms with van der Waals surface area (Å²) in [5.74, 6) is 1.35. The smallest absolute Gasteiger partial charge is 0.123 e. The Morgan fingerprint density at radius 1 is 0.944 bits per heavy atom. The molecule has 0 aromatic heterocycles. The summed E-state index contributed by atoms with van der Waals surface area (Å²) in [5, 5.41) is 0. The van der Waals surface area contributed by atoms with Gasteiger partial charge >= 0.3 is 0 Å². The topological polar surface area (TPSA) is 9.23 Å². The first-order valence-electron chi connectivity index (χ1n) is 6.51. The molecule has 0 aliphatic heterocycles. The summed E-state index contributed by atoms with van der Waals surface area (Å²) in [7, 11) is 0. The van der Waals surface area contributed by atoms with E-state index in [1.807, 2.05) is 19.1 Å². The SMILES string of the molecule is CCOc1ccccc1C(C)c1ccccc1C. The summed E-state index contributed by atoms with van der Waals surface area (Å²) in [6, 6.07) is 16.8. The van der Waals surface area contributed by atoms with Crippen LogP contribution < -0.4 is 4.74 Å². The molecule has 0 aliphatic carbocycles. The number of hydrogen-bond donors (Lipinski definition) is 0. The number of rotatable bonds is 4. The van der Waals surface area contributed by atoms with Crippen LogP contribution >= 0.6 is 0 Å². The van der Waals surface area contributed by atoms with E-state index in [0.29, 0.717) is 12.5 Å². The van der Waals surface area contributed by atoms with Crippen LogP contribution in [0.25, 0.3) is 0 Å². The zero-order valence-corrected chi connectivity index (χ0v) is 11.3. The summed E-state index contributed by atoms with van der Waals surface area (Å²) in [6.07, 6.45) is 0. The van der Waals surface area contributed by atoms with E-state index in [-0.39, 0.29) is 0 Å². The molecule has 0 fully saturated rings. The van der Waals surface area contributed by atoms with Crippen LogP contribution in [0.2, 0.25) is 0 Å². The molecule has 2 aromatic rings. The second kappa shape index (κ2) is 5.72. The highest BCUT2D eigenvalue weighted by molar-refractivity contribution is 5.43. The van der Waals surface area contributed by atoms with Crippen molar-refractivity contribution in [2.75, 3.05) is 6.61 Å². The molecule has 0 N–H and O–H groups in total. The van der Waals surface area contributed by atoms with Crippen LogP contribution in [-0.2, 0) is 0 Å². The first kappa shape index (κ1) is 12.7. The van der Waals surface area contributed by atoms with Crippen LogP contribution in [0.1, 0.15) is 36.5 Å². The van der Waals surface area contributed by atoms with E-state index in [0.717, 1.165) is 5.75 Å². The van der Waals surface area contributed by atoms with Crippen LogP contribution in [0.15, 0.2) is 48.5 Å². The Labute approximate surface area is 109 Å². The van der Waals surface area contributed by atoms with Crippen molar-refractivity contribution >= 4 is 0 Å². The zero-order valence-electron chi connectivity index (χ0n) is 11.3. The first-order valence-corrected chi connectivity index (χ1v) is 6.51. The predicted molar refractivity (Wildman–Crippen MR) is 76.3 cm³/mol. The van der Waals surface area contributed by atoms with E-state index < -0.39 is 0 Å². The van der Waals surface area contributed by atoms with Gasteiger partial charge in [-0.1, -0.05) is 49.4 Å². The molecular formula is C17H20O. The summed E-state index contributed by atoms with van der Waals surface area (Å²) in [5.41, 5.74) is 3.95. The third kappa shape index (κ3) is 2.56. The maximum Gasteiger partial charge on any atom is 0.123 e. The van der Waals surface area contributed by atoms with Crippen LogP contribution in [0.4, 0.5) is 0 Å². The minimum absolute atomic E-state index is 0.356. The fourth-order valence-corrected chi connectivity index (χ4v) is 2.37. The number of hydrogen-bond acceptors (Lipinski definition) is 1. The summed E-state index contributed by atoms with van der Waals surface area (Å²) in [4.78, 5) is 0. The minimum Gasteiger partial charge on any atom is -0.494 e. The Balaban J connectivity index is 2.40. The first-order chi connectivity index (χ1) is 8.74. The van der Waals surface area contributed by atoms with Crippen molar-refractivity contribution in [3.63, 3.8) is 0 Å². The Morgan fingerprint density at radius 2 is 1.56 bits per heavy atom. The molecular weight excluding hydrogens is 220 g/mol. The van der Waals surface area contributed by atoms with Gasteiger partial charge in [-0.3, -0.25) is 0 Å². The van der Waals surface area contributed by atoms with Gasteiger partial charge in [0, 0.05) is 11.5 Å². The maximum absolute atomic E-state index is 5.72. The van der Waals surface area contributed by atoms with Gasteiger partial charge in [-0.2, -0.15) is 0 Å². The maximum atomic E-state index is 5.72. The van der Waals surface area contributed by atoms with Gasteiger partial charge in [-0.15, -0.1) is 0 Å². The third-order valence-electron chi connectivity index (χ3n) is 3.34. The lowest BCUT2D eigenvalue weighted by molar-refractivity contribution is 0.335. The Morgan fingerprint density at radius 3 is 2.22 bits per heavy atom. The lowest BCUT2D eigenvalue weighted by atomic mass is 9.89. The number of aryl methyl sites for hydroxylation is 1. The van der Waals surface area contributed by atoms with Crippen molar-refractivity contribution in [1.82, 2.24) is 0 Å². The van der Waals surface area contributed by atoms with E-state index >= 15 is 0 Å². The number of para-hydroxylation sites is 1.